The van der Waals surface area contributed by atoms with Gasteiger partial charge < -0.3 is 10.6 Å². The third-order valence-corrected chi connectivity index (χ3v) is 3.26. The molecule has 106 valence electrons. The lowest BCUT2D eigenvalue weighted by atomic mass is 10.1. The maximum atomic E-state index is 12.9. The average molecular weight is 274 g/mol. The Hall–Kier alpha value is -2.17. The van der Waals surface area contributed by atoms with E-state index in [9.17, 15) is 4.39 Å². The summed E-state index contributed by atoms with van der Waals surface area (Å²) in [5.41, 5.74) is 2.06. The van der Waals surface area contributed by atoms with Crippen LogP contribution in [-0.4, -0.2) is 17.0 Å². The van der Waals surface area contributed by atoms with Crippen LogP contribution in [0.15, 0.2) is 30.6 Å². The summed E-state index contributed by atoms with van der Waals surface area (Å²) in [6.45, 7) is 4.08. The molecule has 4 nitrogen and oxygen atoms in total. The summed E-state index contributed by atoms with van der Waals surface area (Å²) in [5, 5.41) is 6.42. The Morgan fingerprint density at radius 2 is 1.80 bits per heavy atom. The van der Waals surface area contributed by atoms with Crippen molar-refractivity contribution in [2.45, 2.75) is 26.3 Å². The maximum absolute atomic E-state index is 12.9. The Bertz CT molecular complexity index is 569. The molecule has 0 saturated heterocycles. The number of benzene rings is 1. The van der Waals surface area contributed by atoms with Gasteiger partial charge in [-0.15, -0.1) is 0 Å². The van der Waals surface area contributed by atoms with Gasteiger partial charge in [-0.25, -0.2) is 14.4 Å². The van der Waals surface area contributed by atoms with Crippen molar-refractivity contribution in [1.82, 2.24) is 9.97 Å². The zero-order valence-electron chi connectivity index (χ0n) is 11.9. The summed E-state index contributed by atoms with van der Waals surface area (Å²) in [6.07, 6.45) is 2.36. The Labute approximate surface area is 118 Å². The summed E-state index contributed by atoms with van der Waals surface area (Å²) in [6, 6.07) is 6.53. The van der Waals surface area contributed by atoms with Crippen LogP contribution in [0.3, 0.4) is 0 Å². The highest BCUT2D eigenvalue weighted by molar-refractivity contribution is 5.57. The first-order valence-electron chi connectivity index (χ1n) is 6.69. The first kappa shape index (κ1) is 14.2. The molecule has 0 bridgehead atoms. The van der Waals surface area contributed by atoms with Gasteiger partial charge in [0.2, 0.25) is 0 Å². The molecule has 0 fully saturated rings. The second-order valence-electron chi connectivity index (χ2n) is 4.57. The molecule has 0 radical (unpaired) electrons. The van der Waals surface area contributed by atoms with Crippen LogP contribution in [0, 0.1) is 5.82 Å². The lowest BCUT2D eigenvalue weighted by Crippen LogP contribution is -2.12. The van der Waals surface area contributed by atoms with Crippen LogP contribution in [-0.2, 0) is 6.42 Å². The van der Waals surface area contributed by atoms with Gasteiger partial charge in [0.25, 0.3) is 0 Å². The number of halogens is 1. The zero-order valence-corrected chi connectivity index (χ0v) is 11.9. The van der Waals surface area contributed by atoms with Gasteiger partial charge in [-0.05, 0) is 31.0 Å². The summed E-state index contributed by atoms with van der Waals surface area (Å²) in [5.74, 6) is 1.41. The van der Waals surface area contributed by atoms with Gasteiger partial charge in [-0.1, -0.05) is 19.1 Å². The lowest BCUT2D eigenvalue weighted by molar-refractivity contribution is 0.626. The molecule has 0 aliphatic rings. The molecule has 0 aliphatic heterocycles. The van der Waals surface area contributed by atoms with Crippen molar-refractivity contribution < 1.29 is 4.39 Å². The van der Waals surface area contributed by atoms with Crippen molar-refractivity contribution >= 4 is 11.6 Å². The lowest BCUT2D eigenvalue weighted by Gasteiger charge is -2.18. The molecule has 0 saturated carbocycles. The van der Waals surface area contributed by atoms with Gasteiger partial charge in [0, 0.05) is 18.7 Å². The molecule has 1 aromatic heterocycles. The van der Waals surface area contributed by atoms with Crippen molar-refractivity contribution in [2.75, 3.05) is 17.7 Å². The SMILES string of the molecule is CCc1c(NC)ncnc1NC(C)c1ccc(F)cc1. The minimum absolute atomic E-state index is 0.0421. The van der Waals surface area contributed by atoms with Gasteiger partial charge in [-0.2, -0.15) is 0 Å². The minimum atomic E-state index is -0.227. The minimum Gasteiger partial charge on any atom is -0.373 e. The number of hydrogen-bond acceptors (Lipinski definition) is 4. The Morgan fingerprint density at radius 3 is 2.40 bits per heavy atom. The topological polar surface area (TPSA) is 49.8 Å². The van der Waals surface area contributed by atoms with Gasteiger partial charge in [-0.3, -0.25) is 0 Å². The first-order valence-corrected chi connectivity index (χ1v) is 6.69. The van der Waals surface area contributed by atoms with Crippen molar-refractivity contribution in [3.05, 3.63) is 47.5 Å². The highest BCUT2D eigenvalue weighted by Gasteiger charge is 2.12. The highest BCUT2D eigenvalue weighted by Crippen LogP contribution is 2.24. The van der Waals surface area contributed by atoms with E-state index in [4.69, 9.17) is 0 Å². The largest absolute Gasteiger partial charge is 0.373 e. The molecule has 1 heterocycles. The van der Waals surface area contributed by atoms with Crippen molar-refractivity contribution in [1.29, 1.82) is 0 Å². The number of hydrogen-bond donors (Lipinski definition) is 2. The van der Waals surface area contributed by atoms with Gasteiger partial charge in [0.15, 0.2) is 0 Å². The first-order chi connectivity index (χ1) is 9.65. The highest BCUT2D eigenvalue weighted by atomic mass is 19.1. The Balaban J connectivity index is 2.23. The van der Waals surface area contributed by atoms with E-state index >= 15 is 0 Å². The number of rotatable bonds is 5. The fourth-order valence-electron chi connectivity index (χ4n) is 2.13. The third kappa shape index (κ3) is 3.04. The molecule has 0 spiro atoms. The van der Waals surface area contributed by atoms with Crippen molar-refractivity contribution in [3.8, 4) is 0 Å². The van der Waals surface area contributed by atoms with Crippen LogP contribution < -0.4 is 10.6 Å². The van der Waals surface area contributed by atoms with Gasteiger partial charge in [0.1, 0.15) is 23.8 Å². The van der Waals surface area contributed by atoms with Crippen molar-refractivity contribution in [2.24, 2.45) is 0 Å². The number of aromatic nitrogens is 2. The molecular weight excluding hydrogens is 255 g/mol. The number of nitrogens with one attached hydrogen (secondary N) is 2. The second kappa shape index (κ2) is 6.32. The predicted octanol–water partition coefficient (Wildman–Crippen LogP) is 3.39. The quantitative estimate of drug-likeness (QED) is 0.877. The molecule has 2 N–H and O–H groups in total. The zero-order chi connectivity index (χ0) is 14.5. The molecular formula is C15H19FN4. The number of anilines is 2. The fourth-order valence-corrected chi connectivity index (χ4v) is 2.13. The van der Waals surface area contributed by atoms with E-state index < -0.39 is 0 Å². The van der Waals surface area contributed by atoms with Gasteiger partial charge >= 0.3 is 0 Å². The molecule has 20 heavy (non-hydrogen) atoms. The maximum Gasteiger partial charge on any atom is 0.135 e. The van der Waals surface area contributed by atoms with Crippen LogP contribution in [0.2, 0.25) is 0 Å². The Morgan fingerprint density at radius 1 is 1.15 bits per heavy atom. The average Bonchev–Trinajstić information content (AvgIpc) is 2.47. The van der Waals surface area contributed by atoms with Crippen LogP contribution in [0.1, 0.15) is 31.0 Å². The molecule has 2 aromatic rings. The second-order valence-corrected chi connectivity index (χ2v) is 4.57. The molecule has 1 aromatic carbocycles. The summed E-state index contributed by atoms with van der Waals surface area (Å²) < 4.78 is 12.9. The standard InChI is InChI=1S/C15H19FN4/c1-4-13-14(17-3)18-9-19-15(13)20-10(2)11-5-7-12(16)8-6-11/h5-10H,4H2,1-3H3,(H2,17,18,19,20). The van der Waals surface area contributed by atoms with E-state index in [2.05, 4.69) is 27.5 Å². The Kier molecular flexibility index (Phi) is 4.50. The van der Waals surface area contributed by atoms with E-state index in [1.54, 1.807) is 12.1 Å². The van der Waals surface area contributed by atoms with Crippen LogP contribution in [0.25, 0.3) is 0 Å². The third-order valence-electron chi connectivity index (χ3n) is 3.26. The summed E-state index contributed by atoms with van der Waals surface area (Å²) >= 11 is 0. The molecule has 0 aliphatic carbocycles. The number of nitrogens with zero attached hydrogens (tertiary/aromatic N) is 2. The summed E-state index contributed by atoms with van der Waals surface area (Å²) in [7, 11) is 1.84. The van der Waals surface area contributed by atoms with Gasteiger partial charge in [0.05, 0.1) is 0 Å². The predicted molar refractivity (Wildman–Crippen MR) is 79.4 cm³/mol. The molecule has 2 rings (SSSR count). The van der Waals surface area contributed by atoms with Crippen LogP contribution in [0.4, 0.5) is 16.0 Å². The molecule has 1 atom stereocenters. The van der Waals surface area contributed by atoms with Crippen LogP contribution in [0.5, 0.6) is 0 Å². The molecule has 0 amide bonds. The van der Waals surface area contributed by atoms with E-state index in [0.717, 1.165) is 29.2 Å². The molecule has 5 heteroatoms. The monoisotopic (exact) mass is 274 g/mol. The van der Waals surface area contributed by atoms with Crippen molar-refractivity contribution in [3.63, 3.8) is 0 Å². The molecule has 1 unspecified atom stereocenters. The van der Waals surface area contributed by atoms with E-state index in [1.807, 2.05) is 14.0 Å². The smallest absolute Gasteiger partial charge is 0.135 e. The summed E-state index contributed by atoms with van der Waals surface area (Å²) in [4.78, 5) is 8.51. The normalized spacial score (nSPS) is 12.0. The fraction of sp³-hybridized carbons (Fsp3) is 0.333. The van der Waals surface area contributed by atoms with E-state index in [0.29, 0.717) is 0 Å². The van der Waals surface area contributed by atoms with E-state index in [1.165, 1.54) is 18.5 Å². The van der Waals surface area contributed by atoms with E-state index in [-0.39, 0.29) is 11.9 Å². The van der Waals surface area contributed by atoms with Crippen LogP contribution >= 0.6 is 0 Å².